The van der Waals surface area contributed by atoms with E-state index in [1.807, 2.05) is 13.8 Å². The van der Waals surface area contributed by atoms with Crippen molar-refractivity contribution in [2.24, 2.45) is 5.92 Å². The monoisotopic (exact) mass is 478 g/mol. The Morgan fingerprint density at radius 2 is 2.03 bits per heavy atom. The molecule has 7 nitrogen and oxygen atoms in total. The van der Waals surface area contributed by atoms with Crippen molar-refractivity contribution < 1.29 is 31.6 Å². The molecule has 1 saturated heterocycles. The first-order valence-electron chi connectivity index (χ1n) is 10.7. The van der Waals surface area contributed by atoms with Gasteiger partial charge in [-0.15, -0.1) is 0 Å². The maximum atomic E-state index is 14.6. The summed E-state index contributed by atoms with van der Waals surface area (Å²) in [6, 6.07) is 4.25. The van der Waals surface area contributed by atoms with E-state index in [1.54, 1.807) is 0 Å². The van der Waals surface area contributed by atoms with Crippen LogP contribution >= 0.6 is 0 Å². The van der Waals surface area contributed by atoms with Gasteiger partial charge in [0.25, 0.3) is 11.8 Å². The number of alkyl halides is 2. The summed E-state index contributed by atoms with van der Waals surface area (Å²) in [5.41, 5.74) is 0.184. The molecular formula is C23H22F4N4O3. The number of halogens is 4. The zero-order valence-corrected chi connectivity index (χ0v) is 18.4. The lowest BCUT2D eigenvalue weighted by atomic mass is 10.00. The third-order valence-corrected chi connectivity index (χ3v) is 5.27. The van der Waals surface area contributed by atoms with Crippen molar-refractivity contribution in [2.75, 3.05) is 11.9 Å². The molecular weight excluding hydrogens is 456 g/mol. The van der Waals surface area contributed by atoms with Gasteiger partial charge < -0.3 is 14.6 Å². The normalized spacial score (nSPS) is 17.7. The molecule has 4 rings (SSSR count). The highest BCUT2D eigenvalue weighted by Gasteiger charge is 2.38. The number of nitrogens with zero attached hydrogens (tertiary/aromatic N) is 3. The molecule has 1 N–H and O–H groups in total. The number of benzene rings is 1. The topological polar surface area (TPSA) is 90.1 Å². The van der Waals surface area contributed by atoms with E-state index in [0.717, 1.165) is 24.5 Å². The van der Waals surface area contributed by atoms with E-state index in [1.165, 1.54) is 6.07 Å². The molecule has 1 fully saturated rings. The van der Waals surface area contributed by atoms with Gasteiger partial charge in [0, 0.05) is 18.1 Å². The molecule has 34 heavy (non-hydrogen) atoms. The van der Waals surface area contributed by atoms with Gasteiger partial charge in [-0.25, -0.2) is 27.5 Å². The first kappa shape index (κ1) is 23.8. The third kappa shape index (κ3) is 5.24. The molecule has 3 heterocycles. The predicted octanol–water partition coefficient (Wildman–Crippen LogP) is 5.35. The van der Waals surface area contributed by atoms with Gasteiger partial charge in [-0.3, -0.25) is 4.79 Å². The maximum absolute atomic E-state index is 14.6. The number of anilines is 1. The Morgan fingerprint density at radius 1 is 1.24 bits per heavy atom. The number of rotatable bonds is 6. The van der Waals surface area contributed by atoms with E-state index in [0.29, 0.717) is 12.1 Å². The number of nitrogens with one attached hydrogen (secondary N) is 1. The number of aromatic nitrogens is 3. The molecule has 1 amide bonds. The summed E-state index contributed by atoms with van der Waals surface area (Å²) in [4.78, 5) is 21.1. The fraction of sp³-hybridized carbons (Fsp3) is 0.391. The Bertz CT molecular complexity index is 1190. The molecule has 2 aromatic heterocycles. The maximum Gasteiger partial charge on any atom is 0.294 e. The van der Waals surface area contributed by atoms with E-state index in [9.17, 15) is 22.4 Å². The van der Waals surface area contributed by atoms with Gasteiger partial charge in [0.1, 0.15) is 36.4 Å². The minimum Gasteiger partial charge on any atom is -0.366 e. The second-order valence-corrected chi connectivity index (χ2v) is 8.54. The summed E-state index contributed by atoms with van der Waals surface area (Å²) >= 11 is 0. The van der Waals surface area contributed by atoms with E-state index < -0.39 is 42.6 Å². The van der Waals surface area contributed by atoms with Gasteiger partial charge in [0.2, 0.25) is 5.76 Å². The van der Waals surface area contributed by atoms with Crippen molar-refractivity contribution >= 4 is 11.6 Å². The fourth-order valence-corrected chi connectivity index (χ4v) is 3.69. The van der Waals surface area contributed by atoms with Gasteiger partial charge in [-0.05, 0) is 37.0 Å². The van der Waals surface area contributed by atoms with Crippen LogP contribution in [0.1, 0.15) is 54.7 Å². The second-order valence-electron chi connectivity index (χ2n) is 8.54. The third-order valence-electron chi connectivity index (χ3n) is 5.27. The second kappa shape index (κ2) is 9.49. The van der Waals surface area contributed by atoms with E-state index in [2.05, 4.69) is 20.4 Å². The number of hydrogen-bond donors (Lipinski definition) is 1. The Hall–Kier alpha value is -3.34. The van der Waals surface area contributed by atoms with Crippen molar-refractivity contribution in [3.8, 4) is 11.3 Å². The predicted molar refractivity (Wildman–Crippen MR) is 113 cm³/mol. The first-order valence-corrected chi connectivity index (χ1v) is 10.7. The van der Waals surface area contributed by atoms with E-state index in [-0.39, 0.29) is 40.7 Å². The largest absolute Gasteiger partial charge is 0.366 e. The SMILES string of the molecule is CC(C)Cc1cc(C(=O)Nc2c(-c3cc(F)ccc3F)ncnc2C2CCC(F)(F)CO2)on1. The van der Waals surface area contributed by atoms with Crippen molar-refractivity contribution in [1.82, 2.24) is 15.1 Å². The zero-order valence-electron chi connectivity index (χ0n) is 18.4. The molecule has 1 aliphatic heterocycles. The zero-order chi connectivity index (χ0) is 24.5. The number of carbonyl (C=O) groups is 1. The molecule has 1 aliphatic rings. The molecule has 180 valence electrons. The highest BCUT2D eigenvalue weighted by Crippen LogP contribution is 2.40. The molecule has 1 unspecified atom stereocenters. The molecule has 11 heteroatoms. The minimum atomic E-state index is -2.99. The Kier molecular flexibility index (Phi) is 6.65. The van der Waals surface area contributed by atoms with Crippen molar-refractivity contribution in [2.45, 2.75) is 45.1 Å². The Morgan fingerprint density at radius 3 is 2.74 bits per heavy atom. The van der Waals surface area contributed by atoms with Crippen LogP contribution in [0.4, 0.5) is 23.2 Å². The summed E-state index contributed by atoms with van der Waals surface area (Å²) in [5, 5.41) is 6.44. The van der Waals surface area contributed by atoms with Crippen LogP contribution in [0.3, 0.4) is 0 Å². The van der Waals surface area contributed by atoms with Crippen molar-refractivity contribution in [3.05, 3.63) is 59.4 Å². The summed E-state index contributed by atoms with van der Waals surface area (Å²) < 4.78 is 66.2. The van der Waals surface area contributed by atoms with Crippen LogP contribution in [0.15, 0.2) is 35.1 Å². The van der Waals surface area contributed by atoms with Gasteiger partial charge in [0.15, 0.2) is 0 Å². The van der Waals surface area contributed by atoms with E-state index in [4.69, 9.17) is 9.26 Å². The van der Waals surface area contributed by atoms with Crippen LogP contribution in [0.5, 0.6) is 0 Å². The van der Waals surface area contributed by atoms with Gasteiger partial charge in [-0.2, -0.15) is 0 Å². The summed E-state index contributed by atoms with van der Waals surface area (Å²) in [7, 11) is 0. The number of hydrogen-bond acceptors (Lipinski definition) is 6. The molecule has 0 bridgehead atoms. The highest BCUT2D eigenvalue weighted by atomic mass is 19.3. The number of carbonyl (C=O) groups excluding carboxylic acids is 1. The average molecular weight is 478 g/mol. The van der Waals surface area contributed by atoms with Crippen LogP contribution in [0.25, 0.3) is 11.3 Å². The van der Waals surface area contributed by atoms with Crippen molar-refractivity contribution in [1.29, 1.82) is 0 Å². The molecule has 3 aromatic rings. The lowest BCUT2D eigenvalue weighted by Gasteiger charge is -2.29. The van der Waals surface area contributed by atoms with E-state index >= 15 is 0 Å². The minimum absolute atomic E-state index is 0.0689. The van der Waals surface area contributed by atoms with Crippen LogP contribution < -0.4 is 5.32 Å². The molecule has 1 atom stereocenters. The summed E-state index contributed by atoms with van der Waals surface area (Å²) in [6.07, 6.45) is 0.189. The highest BCUT2D eigenvalue weighted by molar-refractivity contribution is 6.04. The standard InChI is InChI=1S/C23H22F4N4O3/c1-12(2)7-14-9-18(34-31-14)22(32)30-21-19(15-8-13(24)3-4-16(15)25)28-11-29-20(21)17-5-6-23(26,27)10-33-17/h3-4,8-9,11-12,17H,5-7,10H2,1-2H3,(H,30,32). The van der Waals surface area contributed by atoms with Gasteiger partial charge >= 0.3 is 0 Å². The summed E-state index contributed by atoms with van der Waals surface area (Å²) in [5.74, 6) is -5.09. The average Bonchev–Trinajstić information content (AvgIpc) is 3.24. The number of amides is 1. The first-order chi connectivity index (χ1) is 16.1. The van der Waals surface area contributed by atoms with Crippen LogP contribution in [0.2, 0.25) is 0 Å². The summed E-state index contributed by atoms with van der Waals surface area (Å²) in [6.45, 7) is 3.13. The molecule has 0 saturated carbocycles. The lowest BCUT2D eigenvalue weighted by Crippen LogP contribution is -2.31. The lowest BCUT2D eigenvalue weighted by molar-refractivity contribution is -0.146. The fourth-order valence-electron chi connectivity index (χ4n) is 3.69. The molecule has 0 aliphatic carbocycles. The van der Waals surface area contributed by atoms with Crippen LogP contribution in [-0.2, 0) is 11.2 Å². The molecule has 1 aromatic carbocycles. The van der Waals surface area contributed by atoms with Crippen molar-refractivity contribution in [3.63, 3.8) is 0 Å². The quantitative estimate of drug-likeness (QED) is 0.481. The number of ether oxygens (including phenoxy) is 1. The Balaban J connectivity index is 1.74. The van der Waals surface area contributed by atoms with Crippen LogP contribution in [0, 0.1) is 17.6 Å². The Labute approximate surface area is 192 Å². The smallest absolute Gasteiger partial charge is 0.294 e. The van der Waals surface area contributed by atoms with Gasteiger partial charge in [0.05, 0.1) is 17.1 Å². The van der Waals surface area contributed by atoms with Crippen LogP contribution in [-0.4, -0.2) is 33.6 Å². The van der Waals surface area contributed by atoms with Gasteiger partial charge in [-0.1, -0.05) is 19.0 Å². The molecule has 0 radical (unpaired) electrons. The molecule has 0 spiro atoms.